The Morgan fingerprint density at radius 2 is 1.68 bits per heavy atom. The van der Waals surface area contributed by atoms with E-state index in [1.807, 2.05) is 37.4 Å². The molecule has 0 saturated heterocycles. The van der Waals surface area contributed by atoms with Crippen LogP contribution in [0.25, 0.3) is 0 Å². The second-order valence-electron chi connectivity index (χ2n) is 6.75. The van der Waals surface area contributed by atoms with Gasteiger partial charge in [0.25, 0.3) is 5.69 Å². The molecule has 0 N–H and O–H groups in total. The monoisotopic (exact) mass is 530 g/mol. The maximum absolute atomic E-state index is 10.8. The minimum atomic E-state index is -0.417. The van der Waals surface area contributed by atoms with Crippen LogP contribution < -0.4 is 9.47 Å². The number of hydrogen-bond acceptors (Lipinski definition) is 5. The first kappa shape index (κ1) is 22.7. The minimum Gasteiger partial charge on any atom is -0.490 e. The lowest BCUT2D eigenvalue weighted by Crippen LogP contribution is -2.02. The maximum Gasteiger partial charge on any atom is 0.269 e. The van der Waals surface area contributed by atoms with Crippen LogP contribution in [0, 0.1) is 13.7 Å². The van der Waals surface area contributed by atoms with E-state index in [0.29, 0.717) is 18.1 Å². The Hall–Kier alpha value is -2.94. The van der Waals surface area contributed by atoms with Crippen LogP contribution >= 0.6 is 22.6 Å². The topological polar surface area (TPSA) is 74.0 Å². The molecule has 3 aromatic rings. The Balaban J connectivity index is 1.77. The summed E-state index contributed by atoms with van der Waals surface area (Å²) in [5.41, 5.74) is 3.98. The number of aliphatic imine (C=N–C) groups is 1. The number of rotatable bonds is 9. The van der Waals surface area contributed by atoms with Gasteiger partial charge in [0, 0.05) is 18.3 Å². The van der Waals surface area contributed by atoms with Gasteiger partial charge >= 0.3 is 0 Å². The number of ether oxygens (including phenoxy) is 2. The summed E-state index contributed by atoms with van der Waals surface area (Å²) in [5, 5.41) is 10.8. The van der Waals surface area contributed by atoms with Gasteiger partial charge in [-0.1, -0.05) is 19.1 Å². The number of nitro benzene ring substituents is 1. The standard InChI is InChI=1S/C24H23IN2O4/c1-3-17-5-9-20(10-6-17)26-15-19-13-22(25)24(23(14-19)30-4-2)31-16-18-7-11-21(12-8-18)27(28)29/h5-15H,3-4,16H2,1-2H3. The molecule has 0 spiro atoms. The first-order chi connectivity index (χ1) is 15.0. The molecule has 0 aliphatic carbocycles. The fraction of sp³-hybridized carbons (Fsp3) is 0.208. The summed E-state index contributed by atoms with van der Waals surface area (Å²) in [7, 11) is 0. The van der Waals surface area contributed by atoms with E-state index in [1.54, 1.807) is 12.1 Å². The summed E-state index contributed by atoms with van der Waals surface area (Å²) in [6.07, 6.45) is 2.81. The SMILES string of the molecule is CCOc1cc(C=Nc2ccc(CC)cc2)cc(I)c1OCc1ccc([N+](=O)[O-])cc1. The molecule has 0 saturated carbocycles. The summed E-state index contributed by atoms with van der Waals surface area (Å²) in [5.74, 6) is 1.28. The van der Waals surface area contributed by atoms with Crippen molar-refractivity contribution >= 4 is 40.2 Å². The van der Waals surface area contributed by atoms with Gasteiger partial charge in [-0.3, -0.25) is 15.1 Å². The van der Waals surface area contributed by atoms with Gasteiger partial charge in [0.05, 0.1) is 20.8 Å². The Labute approximate surface area is 195 Å². The molecular formula is C24H23IN2O4. The first-order valence-electron chi connectivity index (χ1n) is 9.95. The van der Waals surface area contributed by atoms with E-state index < -0.39 is 4.92 Å². The number of hydrogen-bond donors (Lipinski definition) is 0. The highest BCUT2D eigenvalue weighted by Crippen LogP contribution is 2.34. The van der Waals surface area contributed by atoms with E-state index >= 15 is 0 Å². The zero-order valence-electron chi connectivity index (χ0n) is 17.4. The van der Waals surface area contributed by atoms with Crippen molar-refractivity contribution in [3.05, 3.63) is 91.0 Å². The third-order valence-corrected chi connectivity index (χ3v) is 5.37. The predicted octanol–water partition coefficient (Wildman–Crippen LogP) is 6.49. The minimum absolute atomic E-state index is 0.0568. The predicted molar refractivity (Wildman–Crippen MR) is 131 cm³/mol. The third-order valence-electron chi connectivity index (χ3n) is 4.57. The number of nitro groups is 1. The van der Waals surface area contributed by atoms with E-state index in [2.05, 4.69) is 46.6 Å². The van der Waals surface area contributed by atoms with Crippen molar-refractivity contribution in [1.29, 1.82) is 0 Å². The van der Waals surface area contributed by atoms with Crippen molar-refractivity contribution < 1.29 is 14.4 Å². The summed E-state index contributed by atoms with van der Waals surface area (Å²) < 4.78 is 12.7. The molecule has 0 bridgehead atoms. The van der Waals surface area contributed by atoms with Crippen molar-refractivity contribution in [2.75, 3.05) is 6.61 Å². The quantitative estimate of drug-likeness (QED) is 0.137. The van der Waals surface area contributed by atoms with Crippen LogP contribution in [0.15, 0.2) is 65.7 Å². The van der Waals surface area contributed by atoms with Crippen LogP contribution in [0.4, 0.5) is 11.4 Å². The zero-order valence-corrected chi connectivity index (χ0v) is 19.5. The molecule has 0 fully saturated rings. The first-order valence-corrected chi connectivity index (χ1v) is 11.0. The maximum atomic E-state index is 10.8. The molecule has 160 valence electrons. The Morgan fingerprint density at radius 3 is 2.29 bits per heavy atom. The molecule has 0 atom stereocenters. The average Bonchev–Trinajstić information content (AvgIpc) is 2.78. The van der Waals surface area contributed by atoms with Gasteiger partial charge in [-0.15, -0.1) is 0 Å². The van der Waals surface area contributed by atoms with E-state index in [9.17, 15) is 10.1 Å². The van der Waals surface area contributed by atoms with Gasteiger partial charge in [0.1, 0.15) is 6.61 Å². The number of benzene rings is 3. The molecule has 0 aliphatic heterocycles. The lowest BCUT2D eigenvalue weighted by atomic mass is 10.1. The van der Waals surface area contributed by atoms with Crippen LogP contribution in [0.1, 0.15) is 30.5 Å². The van der Waals surface area contributed by atoms with Gasteiger partial charge < -0.3 is 9.47 Å². The summed E-state index contributed by atoms with van der Waals surface area (Å²) in [4.78, 5) is 14.9. The molecule has 3 aromatic carbocycles. The lowest BCUT2D eigenvalue weighted by molar-refractivity contribution is -0.384. The number of halogens is 1. The molecular weight excluding hydrogens is 507 g/mol. The van der Waals surface area contributed by atoms with E-state index in [-0.39, 0.29) is 12.3 Å². The fourth-order valence-electron chi connectivity index (χ4n) is 2.90. The number of nitrogens with zero attached hydrogens (tertiary/aromatic N) is 2. The fourth-order valence-corrected chi connectivity index (χ4v) is 3.68. The number of non-ortho nitro benzene ring substituents is 1. The van der Waals surface area contributed by atoms with Crippen LogP contribution in [-0.2, 0) is 13.0 Å². The molecule has 7 heteroatoms. The largest absolute Gasteiger partial charge is 0.490 e. The Kier molecular flexibility index (Phi) is 8.00. The zero-order chi connectivity index (χ0) is 22.2. The normalized spacial score (nSPS) is 10.9. The molecule has 31 heavy (non-hydrogen) atoms. The molecule has 0 amide bonds. The second kappa shape index (κ2) is 10.9. The van der Waals surface area contributed by atoms with Gasteiger partial charge in [0.2, 0.25) is 0 Å². The molecule has 0 heterocycles. The second-order valence-corrected chi connectivity index (χ2v) is 7.92. The molecule has 0 aromatic heterocycles. The van der Waals surface area contributed by atoms with Gasteiger partial charge in [-0.25, -0.2) is 0 Å². The van der Waals surface area contributed by atoms with Gasteiger partial charge in [0.15, 0.2) is 11.5 Å². The van der Waals surface area contributed by atoms with Crippen molar-refractivity contribution in [3.8, 4) is 11.5 Å². The van der Waals surface area contributed by atoms with Crippen molar-refractivity contribution in [2.45, 2.75) is 26.9 Å². The number of aryl methyl sites for hydroxylation is 1. The highest BCUT2D eigenvalue weighted by Gasteiger charge is 2.13. The van der Waals surface area contributed by atoms with E-state index in [1.165, 1.54) is 17.7 Å². The van der Waals surface area contributed by atoms with Crippen LogP contribution in [0.5, 0.6) is 11.5 Å². The van der Waals surface area contributed by atoms with Crippen LogP contribution in [0.3, 0.4) is 0 Å². The smallest absolute Gasteiger partial charge is 0.269 e. The van der Waals surface area contributed by atoms with Crippen molar-refractivity contribution in [2.24, 2.45) is 4.99 Å². The molecule has 3 rings (SSSR count). The molecule has 0 radical (unpaired) electrons. The summed E-state index contributed by atoms with van der Waals surface area (Å²) >= 11 is 2.22. The highest BCUT2D eigenvalue weighted by molar-refractivity contribution is 14.1. The highest BCUT2D eigenvalue weighted by atomic mass is 127. The van der Waals surface area contributed by atoms with Crippen molar-refractivity contribution in [3.63, 3.8) is 0 Å². The van der Waals surface area contributed by atoms with E-state index in [0.717, 1.165) is 26.8 Å². The third kappa shape index (κ3) is 6.27. The van der Waals surface area contributed by atoms with Crippen LogP contribution in [-0.4, -0.2) is 17.7 Å². The van der Waals surface area contributed by atoms with E-state index in [4.69, 9.17) is 9.47 Å². The molecule has 0 unspecified atom stereocenters. The van der Waals surface area contributed by atoms with Gasteiger partial charge in [-0.05, 0) is 89.0 Å². The van der Waals surface area contributed by atoms with Crippen LogP contribution in [0.2, 0.25) is 0 Å². The Bertz CT molecular complexity index is 1060. The Morgan fingerprint density at radius 1 is 1.00 bits per heavy atom. The summed E-state index contributed by atoms with van der Waals surface area (Å²) in [6.45, 7) is 4.83. The molecule has 0 aliphatic rings. The van der Waals surface area contributed by atoms with Gasteiger partial charge in [-0.2, -0.15) is 0 Å². The van der Waals surface area contributed by atoms with Crippen molar-refractivity contribution in [1.82, 2.24) is 0 Å². The summed E-state index contributed by atoms with van der Waals surface area (Å²) in [6, 6.07) is 18.4. The average molecular weight is 530 g/mol. The molecule has 6 nitrogen and oxygen atoms in total. The lowest BCUT2D eigenvalue weighted by Gasteiger charge is -2.14.